The van der Waals surface area contributed by atoms with Gasteiger partial charge in [-0.3, -0.25) is 4.79 Å². The highest BCUT2D eigenvalue weighted by Crippen LogP contribution is 2.00. The van der Waals surface area contributed by atoms with Gasteiger partial charge in [-0.2, -0.15) is 4.98 Å². The second-order valence-corrected chi connectivity index (χ2v) is 2.61. The molecule has 0 spiro atoms. The molecule has 6 heteroatoms. The summed E-state index contributed by atoms with van der Waals surface area (Å²) in [6, 6.07) is 0. The average Bonchev–Trinajstić information content (AvgIpc) is 2.52. The van der Waals surface area contributed by atoms with Crippen LogP contribution in [-0.4, -0.2) is 28.5 Å². The Bertz CT molecular complexity index is 345. The van der Waals surface area contributed by atoms with Crippen LogP contribution in [0.5, 0.6) is 0 Å². The third kappa shape index (κ3) is 2.65. The van der Waals surface area contributed by atoms with Crippen molar-refractivity contribution in [3.63, 3.8) is 0 Å². The first kappa shape index (κ1) is 10.4. The average molecular weight is 198 g/mol. The molecule has 0 saturated carbocycles. The standard InChI is InChI=1S/C8H10N2O4/c1-3-13-8(12)7-9-6(14-10-7)4-5(2)11/h3-4H2,1-2H3. The lowest BCUT2D eigenvalue weighted by atomic mass is 10.3. The molecular formula is C8H10N2O4. The molecule has 0 atom stereocenters. The molecule has 0 saturated heterocycles. The van der Waals surface area contributed by atoms with Crippen LogP contribution in [-0.2, 0) is 16.0 Å². The van der Waals surface area contributed by atoms with Gasteiger partial charge >= 0.3 is 5.97 Å². The van der Waals surface area contributed by atoms with Crippen molar-refractivity contribution < 1.29 is 18.8 Å². The Morgan fingerprint density at radius 1 is 1.50 bits per heavy atom. The molecular weight excluding hydrogens is 188 g/mol. The molecule has 0 aromatic carbocycles. The van der Waals surface area contributed by atoms with E-state index in [2.05, 4.69) is 19.4 Å². The zero-order valence-electron chi connectivity index (χ0n) is 7.94. The monoisotopic (exact) mass is 198 g/mol. The topological polar surface area (TPSA) is 82.3 Å². The van der Waals surface area contributed by atoms with Crippen LogP contribution in [0, 0.1) is 0 Å². The SMILES string of the molecule is CCOC(=O)c1noc(CC(C)=O)n1. The summed E-state index contributed by atoms with van der Waals surface area (Å²) >= 11 is 0. The fourth-order valence-electron chi connectivity index (χ4n) is 0.818. The number of esters is 1. The summed E-state index contributed by atoms with van der Waals surface area (Å²) in [6.45, 7) is 3.32. The highest BCUT2D eigenvalue weighted by atomic mass is 16.5. The van der Waals surface area contributed by atoms with Gasteiger partial charge < -0.3 is 9.26 Å². The fraction of sp³-hybridized carbons (Fsp3) is 0.500. The number of nitrogens with zero attached hydrogens (tertiary/aromatic N) is 2. The van der Waals surface area contributed by atoms with Crippen LogP contribution in [0.15, 0.2) is 4.52 Å². The molecule has 0 N–H and O–H groups in total. The van der Waals surface area contributed by atoms with Crippen LogP contribution in [0.3, 0.4) is 0 Å². The summed E-state index contributed by atoms with van der Waals surface area (Å²) in [5.41, 5.74) is 0. The van der Waals surface area contributed by atoms with E-state index in [-0.39, 0.29) is 30.5 Å². The summed E-state index contributed by atoms with van der Waals surface area (Å²) < 4.78 is 9.30. The smallest absolute Gasteiger partial charge is 0.379 e. The largest absolute Gasteiger partial charge is 0.460 e. The van der Waals surface area contributed by atoms with E-state index in [1.54, 1.807) is 6.92 Å². The third-order valence-electron chi connectivity index (χ3n) is 1.33. The highest BCUT2D eigenvalue weighted by molar-refractivity contribution is 5.85. The second-order valence-electron chi connectivity index (χ2n) is 2.61. The molecule has 1 heterocycles. The van der Waals surface area contributed by atoms with Crippen LogP contribution in [0.25, 0.3) is 0 Å². The normalized spacial score (nSPS) is 9.86. The van der Waals surface area contributed by atoms with Gasteiger partial charge in [0, 0.05) is 0 Å². The molecule has 76 valence electrons. The summed E-state index contributed by atoms with van der Waals surface area (Å²) in [5, 5.41) is 3.37. The van der Waals surface area contributed by atoms with Gasteiger partial charge in [-0.05, 0) is 19.0 Å². The predicted molar refractivity (Wildman–Crippen MR) is 44.6 cm³/mol. The van der Waals surface area contributed by atoms with Crippen molar-refractivity contribution in [2.24, 2.45) is 0 Å². The molecule has 1 rings (SSSR count). The van der Waals surface area contributed by atoms with Crippen molar-refractivity contribution >= 4 is 11.8 Å². The van der Waals surface area contributed by atoms with Gasteiger partial charge in [0.15, 0.2) is 0 Å². The molecule has 0 aliphatic heterocycles. The molecule has 6 nitrogen and oxygen atoms in total. The zero-order valence-corrected chi connectivity index (χ0v) is 7.94. The van der Waals surface area contributed by atoms with Crippen molar-refractivity contribution in [2.45, 2.75) is 20.3 Å². The van der Waals surface area contributed by atoms with Crippen LogP contribution in [0.4, 0.5) is 0 Å². The minimum Gasteiger partial charge on any atom is -0.460 e. The Labute approximate surface area is 80.2 Å². The number of carbonyl (C=O) groups is 2. The molecule has 0 unspecified atom stereocenters. The number of Topliss-reactive ketones (excluding diaryl/α,β-unsaturated/α-hetero) is 1. The van der Waals surface area contributed by atoms with E-state index in [0.717, 1.165) is 0 Å². The fourth-order valence-corrected chi connectivity index (χ4v) is 0.818. The Kier molecular flexibility index (Phi) is 3.33. The number of ether oxygens (including phenoxy) is 1. The van der Waals surface area contributed by atoms with Crippen molar-refractivity contribution in [3.8, 4) is 0 Å². The zero-order chi connectivity index (χ0) is 10.6. The van der Waals surface area contributed by atoms with E-state index >= 15 is 0 Å². The van der Waals surface area contributed by atoms with E-state index in [4.69, 9.17) is 0 Å². The van der Waals surface area contributed by atoms with E-state index in [0.29, 0.717) is 0 Å². The summed E-state index contributed by atoms with van der Waals surface area (Å²) in [6.07, 6.45) is 0.0341. The quantitative estimate of drug-likeness (QED) is 0.650. The van der Waals surface area contributed by atoms with Crippen molar-refractivity contribution in [1.29, 1.82) is 0 Å². The number of rotatable bonds is 4. The van der Waals surface area contributed by atoms with E-state index in [1.165, 1.54) is 6.92 Å². The van der Waals surface area contributed by atoms with E-state index < -0.39 is 5.97 Å². The summed E-state index contributed by atoms with van der Waals surface area (Å²) in [4.78, 5) is 25.4. The van der Waals surface area contributed by atoms with Crippen molar-refractivity contribution in [1.82, 2.24) is 10.1 Å². The first-order chi connectivity index (χ1) is 6.63. The second kappa shape index (κ2) is 4.50. The molecule has 1 aromatic heterocycles. The molecule has 0 aliphatic carbocycles. The van der Waals surface area contributed by atoms with E-state index in [1.807, 2.05) is 0 Å². The number of hydrogen-bond acceptors (Lipinski definition) is 6. The molecule has 0 aliphatic rings. The van der Waals surface area contributed by atoms with Gasteiger partial charge in [0.2, 0.25) is 5.89 Å². The van der Waals surface area contributed by atoms with Crippen molar-refractivity contribution in [2.75, 3.05) is 6.61 Å². The molecule has 0 radical (unpaired) electrons. The minimum absolute atomic E-state index is 0.0341. The maximum Gasteiger partial charge on any atom is 0.379 e. The maximum absolute atomic E-state index is 11.1. The van der Waals surface area contributed by atoms with Crippen LogP contribution >= 0.6 is 0 Å². The molecule has 0 bridgehead atoms. The van der Waals surface area contributed by atoms with Gasteiger partial charge in [0.1, 0.15) is 5.78 Å². The summed E-state index contributed by atoms with van der Waals surface area (Å²) in [7, 11) is 0. The van der Waals surface area contributed by atoms with Crippen molar-refractivity contribution in [3.05, 3.63) is 11.7 Å². The van der Waals surface area contributed by atoms with Crippen LogP contribution in [0.2, 0.25) is 0 Å². The Balaban J connectivity index is 2.67. The first-order valence-corrected chi connectivity index (χ1v) is 4.12. The summed E-state index contributed by atoms with van der Waals surface area (Å²) in [5.74, 6) is -0.779. The number of carbonyl (C=O) groups excluding carboxylic acids is 2. The Morgan fingerprint density at radius 2 is 2.21 bits per heavy atom. The molecule has 1 aromatic rings. The number of hydrogen-bond donors (Lipinski definition) is 0. The predicted octanol–water partition coefficient (Wildman–Crippen LogP) is 0.378. The Morgan fingerprint density at radius 3 is 2.79 bits per heavy atom. The van der Waals surface area contributed by atoms with Gasteiger partial charge in [-0.15, -0.1) is 0 Å². The number of aromatic nitrogens is 2. The molecule has 14 heavy (non-hydrogen) atoms. The third-order valence-corrected chi connectivity index (χ3v) is 1.33. The molecule has 0 amide bonds. The minimum atomic E-state index is -0.647. The number of ketones is 1. The first-order valence-electron chi connectivity index (χ1n) is 4.12. The lowest BCUT2D eigenvalue weighted by Gasteiger charge is -1.93. The highest BCUT2D eigenvalue weighted by Gasteiger charge is 2.15. The van der Waals surface area contributed by atoms with E-state index in [9.17, 15) is 9.59 Å². The van der Waals surface area contributed by atoms with Gasteiger partial charge in [0.25, 0.3) is 5.82 Å². The Hall–Kier alpha value is -1.72. The van der Waals surface area contributed by atoms with Gasteiger partial charge in [0.05, 0.1) is 13.0 Å². The lowest BCUT2D eigenvalue weighted by molar-refractivity contribution is -0.116. The van der Waals surface area contributed by atoms with Crippen LogP contribution < -0.4 is 0 Å². The maximum atomic E-state index is 11.1. The van der Waals surface area contributed by atoms with Gasteiger partial charge in [-0.25, -0.2) is 4.79 Å². The van der Waals surface area contributed by atoms with Crippen LogP contribution in [0.1, 0.15) is 30.4 Å². The molecule has 0 fully saturated rings. The van der Waals surface area contributed by atoms with Gasteiger partial charge in [-0.1, -0.05) is 0 Å². The lowest BCUT2D eigenvalue weighted by Crippen LogP contribution is -2.07.